The van der Waals surface area contributed by atoms with Crippen LogP contribution in [0, 0.1) is 6.92 Å². The number of amides is 2. The van der Waals surface area contributed by atoms with E-state index in [0.29, 0.717) is 19.0 Å². The average Bonchev–Trinajstić information content (AvgIpc) is 3.21. The predicted octanol–water partition coefficient (Wildman–Crippen LogP) is 2.76. The monoisotopic (exact) mass is 323 g/mol. The minimum absolute atomic E-state index is 0.190. The second-order valence-corrected chi connectivity index (χ2v) is 5.80. The van der Waals surface area contributed by atoms with Crippen molar-refractivity contribution < 1.29 is 9.32 Å². The summed E-state index contributed by atoms with van der Waals surface area (Å²) in [5.74, 6) is 0.364. The number of hydrogen-bond donors (Lipinski definition) is 1. The third-order valence-electron chi connectivity index (χ3n) is 4.08. The molecule has 0 fully saturated rings. The number of nitrogens with one attached hydrogen (secondary N) is 1. The highest BCUT2D eigenvalue weighted by molar-refractivity contribution is 5.88. The van der Waals surface area contributed by atoms with E-state index in [1.807, 2.05) is 48.1 Å². The largest absolute Gasteiger partial charge is 0.338 e. The third kappa shape index (κ3) is 2.64. The van der Waals surface area contributed by atoms with Crippen LogP contribution >= 0.6 is 0 Å². The first kappa shape index (κ1) is 14.5. The number of hydrogen-bond acceptors (Lipinski definition) is 4. The molecule has 2 aromatic heterocycles. The van der Waals surface area contributed by atoms with Gasteiger partial charge < -0.3 is 9.42 Å². The summed E-state index contributed by atoms with van der Waals surface area (Å²) >= 11 is 0. The van der Waals surface area contributed by atoms with Crippen LogP contribution < -0.4 is 5.32 Å². The molecule has 2 amide bonds. The number of aryl methyl sites for hydroxylation is 1. The Morgan fingerprint density at radius 2 is 2.12 bits per heavy atom. The van der Waals surface area contributed by atoms with Gasteiger partial charge in [0, 0.05) is 24.6 Å². The van der Waals surface area contributed by atoms with Crippen molar-refractivity contribution in [1.82, 2.24) is 19.8 Å². The Labute approximate surface area is 138 Å². The van der Waals surface area contributed by atoms with Gasteiger partial charge in [0.2, 0.25) is 5.88 Å². The number of anilines is 1. The topological polar surface area (TPSA) is 76.2 Å². The van der Waals surface area contributed by atoms with Crippen LogP contribution in [0.3, 0.4) is 0 Å². The van der Waals surface area contributed by atoms with Crippen LogP contribution in [0.1, 0.15) is 17.0 Å². The standard InChI is InChI=1S/C17H17N5O2/c1-12-9-16(24-20-12)19-17(23)21-8-7-15-13(11-21)10-18-22(15)14-5-3-2-4-6-14/h2-6,9-10H,7-8,11H2,1H3,(H,19,23). The highest BCUT2D eigenvalue weighted by Gasteiger charge is 2.25. The van der Waals surface area contributed by atoms with Crippen LogP contribution in [0.25, 0.3) is 5.69 Å². The molecule has 0 atom stereocenters. The number of carbonyl (C=O) groups excluding carboxylic acids is 1. The molecule has 3 heterocycles. The molecule has 1 aromatic carbocycles. The molecule has 1 aliphatic heterocycles. The zero-order chi connectivity index (χ0) is 16.5. The van der Waals surface area contributed by atoms with Crippen molar-refractivity contribution in [2.24, 2.45) is 0 Å². The molecule has 0 radical (unpaired) electrons. The van der Waals surface area contributed by atoms with Crippen molar-refractivity contribution in [2.45, 2.75) is 19.9 Å². The van der Waals surface area contributed by atoms with Crippen LogP contribution in [0.15, 0.2) is 47.1 Å². The SMILES string of the molecule is Cc1cc(NC(=O)N2CCc3c(cnn3-c3ccccc3)C2)on1. The summed E-state index contributed by atoms with van der Waals surface area (Å²) in [7, 11) is 0. The van der Waals surface area contributed by atoms with Gasteiger partial charge in [-0.2, -0.15) is 5.10 Å². The summed E-state index contributed by atoms with van der Waals surface area (Å²) < 4.78 is 6.98. The number of urea groups is 1. The number of carbonyl (C=O) groups is 1. The van der Waals surface area contributed by atoms with Crippen molar-refractivity contribution in [3.05, 3.63) is 59.5 Å². The van der Waals surface area contributed by atoms with E-state index in [0.717, 1.165) is 29.1 Å². The number of fused-ring (bicyclic) bond motifs is 1. The molecule has 7 heteroatoms. The van der Waals surface area contributed by atoms with Crippen molar-refractivity contribution in [3.8, 4) is 5.69 Å². The van der Waals surface area contributed by atoms with E-state index in [4.69, 9.17) is 4.52 Å². The molecule has 4 rings (SSSR count). The molecule has 0 saturated carbocycles. The first-order valence-electron chi connectivity index (χ1n) is 7.81. The van der Waals surface area contributed by atoms with E-state index in [1.165, 1.54) is 0 Å². The number of rotatable bonds is 2. The maximum absolute atomic E-state index is 12.4. The van der Waals surface area contributed by atoms with Gasteiger partial charge in [-0.15, -0.1) is 0 Å². The fourth-order valence-electron chi connectivity index (χ4n) is 2.90. The fourth-order valence-corrected chi connectivity index (χ4v) is 2.90. The van der Waals surface area contributed by atoms with Gasteiger partial charge in [0.1, 0.15) is 0 Å². The molecule has 1 aliphatic rings. The zero-order valence-electron chi connectivity index (χ0n) is 13.3. The van der Waals surface area contributed by atoms with Crippen molar-refractivity contribution in [2.75, 3.05) is 11.9 Å². The Morgan fingerprint density at radius 3 is 2.88 bits per heavy atom. The first-order chi connectivity index (χ1) is 11.7. The highest BCUT2D eigenvalue weighted by atomic mass is 16.5. The molecule has 0 bridgehead atoms. The lowest BCUT2D eigenvalue weighted by molar-refractivity contribution is 0.205. The summed E-state index contributed by atoms with van der Waals surface area (Å²) in [6.07, 6.45) is 2.59. The molecule has 0 unspecified atom stereocenters. The van der Waals surface area contributed by atoms with Gasteiger partial charge in [0.25, 0.3) is 0 Å². The number of para-hydroxylation sites is 1. The molecule has 0 aliphatic carbocycles. The van der Waals surface area contributed by atoms with Crippen LogP contribution in [0.5, 0.6) is 0 Å². The Morgan fingerprint density at radius 1 is 1.29 bits per heavy atom. The molecule has 24 heavy (non-hydrogen) atoms. The Balaban J connectivity index is 1.50. The van der Waals surface area contributed by atoms with E-state index < -0.39 is 0 Å². The minimum Gasteiger partial charge on any atom is -0.338 e. The smallest absolute Gasteiger partial charge is 0.324 e. The lowest BCUT2D eigenvalue weighted by Crippen LogP contribution is -2.39. The van der Waals surface area contributed by atoms with Crippen molar-refractivity contribution >= 4 is 11.9 Å². The third-order valence-corrected chi connectivity index (χ3v) is 4.08. The van der Waals surface area contributed by atoms with Gasteiger partial charge in [0.15, 0.2) is 0 Å². The lowest BCUT2D eigenvalue weighted by atomic mass is 10.1. The van der Waals surface area contributed by atoms with Crippen molar-refractivity contribution in [3.63, 3.8) is 0 Å². The van der Waals surface area contributed by atoms with Gasteiger partial charge in [0.05, 0.1) is 29.8 Å². The second kappa shape index (κ2) is 5.84. The molecule has 0 spiro atoms. The van der Waals surface area contributed by atoms with Gasteiger partial charge >= 0.3 is 6.03 Å². The van der Waals surface area contributed by atoms with Crippen molar-refractivity contribution in [1.29, 1.82) is 0 Å². The Kier molecular flexibility index (Phi) is 3.53. The summed E-state index contributed by atoms with van der Waals surface area (Å²) in [4.78, 5) is 14.1. The Bertz CT molecular complexity index is 868. The van der Waals surface area contributed by atoms with Crippen LogP contribution in [-0.2, 0) is 13.0 Å². The zero-order valence-corrected chi connectivity index (χ0v) is 13.3. The summed E-state index contributed by atoms with van der Waals surface area (Å²) in [5, 5.41) is 11.0. The minimum atomic E-state index is -0.190. The predicted molar refractivity (Wildman–Crippen MR) is 87.9 cm³/mol. The van der Waals surface area contributed by atoms with Gasteiger partial charge in [-0.3, -0.25) is 5.32 Å². The van der Waals surface area contributed by atoms with Crippen LogP contribution in [0.4, 0.5) is 10.7 Å². The molecule has 3 aromatic rings. The molecule has 122 valence electrons. The molecule has 1 N–H and O–H groups in total. The summed E-state index contributed by atoms with van der Waals surface area (Å²) in [6.45, 7) is 2.97. The summed E-state index contributed by atoms with van der Waals surface area (Å²) in [5.41, 5.74) is 3.99. The highest BCUT2D eigenvalue weighted by Crippen LogP contribution is 2.22. The average molecular weight is 323 g/mol. The van der Waals surface area contributed by atoms with Gasteiger partial charge in [-0.25, -0.2) is 9.48 Å². The maximum Gasteiger partial charge on any atom is 0.324 e. The van der Waals surface area contributed by atoms with Gasteiger partial charge in [-0.1, -0.05) is 23.4 Å². The first-order valence-corrected chi connectivity index (χ1v) is 7.81. The number of aromatic nitrogens is 3. The van der Waals surface area contributed by atoms with E-state index >= 15 is 0 Å². The molecular formula is C17H17N5O2. The Hall–Kier alpha value is -3.09. The quantitative estimate of drug-likeness (QED) is 0.787. The lowest BCUT2D eigenvalue weighted by Gasteiger charge is -2.27. The number of benzene rings is 1. The van der Waals surface area contributed by atoms with E-state index in [-0.39, 0.29) is 6.03 Å². The fraction of sp³-hybridized carbons (Fsp3) is 0.235. The van der Waals surface area contributed by atoms with Crippen LogP contribution in [0.2, 0.25) is 0 Å². The second-order valence-electron chi connectivity index (χ2n) is 5.80. The maximum atomic E-state index is 12.4. The molecule has 7 nitrogen and oxygen atoms in total. The van der Waals surface area contributed by atoms with Gasteiger partial charge in [-0.05, 0) is 19.1 Å². The van der Waals surface area contributed by atoms with Crippen LogP contribution in [-0.4, -0.2) is 32.4 Å². The number of nitrogens with zero attached hydrogens (tertiary/aromatic N) is 4. The molecule has 0 saturated heterocycles. The normalized spacial score (nSPS) is 13.6. The van der Waals surface area contributed by atoms with E-state index in [1.54, 1.807) is 11.0 Å². The van der Waals surface area contributed by atoms with E-state index in [9.17, 15) is 4.79 Å². The van der Waals surface area contributed by atoms with E-state index in [2.05, 4.69) is 15.6 Å². The summed E-state index contributed by atoms with van der Waals surface area (Å²) in [6, 6.07) is 11.5. The molecular weight excluding hydrogens is 306 g/mol.